The zero-order chi connectivity index (χ0) is 17.0. The van der Waals surface area contributed by atoms with Gasteiger partial charge in [-0.05, 0) is 37.6 Å². The van der Waals surface area contributed by atoms with Crippen molar-refractivity contribution in [2.45, 2.75) is 37.5 Å². The molecule has 23 heavy (non-hydrogen) atoms. The van der Waals surface area contributed by atoms with E-state index in [4.69, 9.17) is 5.26 Å². The minimum atomic E-state index is -4.24. The molecule has 1 heterocycles. The van der Waals surface area contributed by atoms with Gasteiger partial charge >= 0.3 is 6.18 Å². The Morgan fingerprint density at radius 3 is 2.78 bits per heavy atom. The number of nitriles is 1. The van der Waals surface area contributed by atoms with Gasteiger partial charge in [0.1, 0.15) is 6.04 Å². The number of likely N-dealkylation sites (tertiary alicyclic amines) is 1. The van der Waals surface area contributed by atoms with Crippen LogP contribution >= 0.6 is 0 Å². The maximum Gasteiger partial charge on any atom is 0.404 e. The average molecular weight is 325 g/mol. The molecule has 1 amide bonds. The van der Waals surface area contributed by atoms with Crippen molar-refractivity contribution >= 4 is 5.91 Å². The van der Waals surface area contributed by atoms with Gasteiger partial charge in [0.2, 0.25) is 0 Å². The van der Waals surface area contributed by atoms with Crippen LogP contribution in [0.3, 0.4) is 0 Å². The fraction of sp³-hybridized carbons (Fsp3) is 0.500. The van der Waals surface area contributed by atoms with Crippen molar-refractivity contribution in [1.29, 1.82) is 5.26 Å². The first-order chi connectivity index (χ1) is 10.8. The average Bonchev–Trinajstić information content (AvgIpc) is 2.46. The highest BCUT2D eigenvalue weighted by Crippen LogP contribution is 2.30. The predicted molar refractivity (Wildman–Crippen MR) is 78.7 cm³/mol. The normalized spacial score (nSPS) is 22.4. The summed E-state index contributed by atoms with van der Waals surface area (Å²) < 4.78 is 38.4. The zero-order valence-electron chi connectivity index (χ0n) is 12.7. The molecule has 0 saturated carbocycles. The Kier molecular flexibility index (Phi) is 5.26. The summed E-state index contributed by atoms with van der Waals surface area (Å²) in [4.78, 5) is 13.5. The van der Waals surface area contributed by atoms with E-state index in [1.54, 1.807) is 24.3 Å². The third kappa shape index (κ3) is 4.45. The van der Waals surface area contributed by atoms with E-state index in [9.17, 15) is 18.0 Å². The van der Waals surface area contributed by atoms with E-state index in [1.807, 2.05) is 6.07 Å². The second-order valence-corrected chi connectivity index (χ2v) is 5.78. The Morgan fingerprint density at radius 2 is 2.17 bits per heavy atom. The minimum absolute atomic E-state index is 0.0284. The summed E-state index contributed by atoms with van der Waals surface area (Å²) in [5.41, 5.74) is 1.15. The zero-order valence-corrected chi connectivity index (χ0v) is 12.7. The number of piperidine rings is 1. The van der Waals surface area contributed by atoms with Crippen molar-refractivity contribution < 1.29 is 18.0 Å². The van der Waals surface area contributed by atoms with Gasteiger partial charge in [-0.2, -0.15) is 18.4 Å². The number of hydrogen-bond donors (Lipinski definition) is 1. The Balaban J connectivity index is 1.97. The standard InChI is InChI=1S/C16H18F3N3O/c1-22-10-13(5-6-14(22)16(17,18)19)21-15(23)12-4-2-3-11(9-12)7-8-20/h2-4,9,13-14H,5-7,10H2,1H3,(H,21,23)/t13-,14+/m1/s1. The SMILES string of the molecule is CN1C[C@H](NC(=O)c2cccc(CC#N)c2)CC[C@H]1C(F)(F)F. The van der Waals surface area contributed by atoms with Gasteiger partial charge in [0, 0.05) is 18.2 Å². The number of benzene rings is 1. The summed E-state index contributed by atoms with van der Waals surface area (Å²) in [5, 5.41) is 11.5. The second-order valence-electron chi connectivity index (χ2n) is 5.78. The molecular weight excluding hydrogens is 307 g/mol. The van der Waals surface area contributed by atoms with Crippen LogP contribution in [0.5, 0.6) is 0 Å². The molecule has 7 heteroatoms. The third-order valence-electron chi connectivity index (χ3n) is 4.01. The van der Waals surface area contributed by atoms with Crippen LogP contribution in [0.15, 0.2) is 24.3 Å². The van der Waals surface area contributed by atoms with E-state index < -0.39 is 12.2 Å². The summed E-state index contributed by atoms with van der Waals surface area (Å²) in [5.74, 6) is -0.325. The Bertz CT molecular complexity index is 609. The molecule has 0 spiro atoms. The second kappa shape index (κ2) is 7.01. The maximum absolute atomic E-state index is 12.8. The number of carbonyl (C=O) groups is 1. The van der Waals surface area contributed by atoms with Crippen molar-refractivity contribution in [2.75, 3.05) is 13.6 Å². The molecule has 1 fully saturated rings. The Labute approximate surface area is 132 Å². The van der Waals surface area contributed by atoms with Crippen LogP contribution in [0, 0.1) is 11.3 Å². The van der Waals surface area contributed by atoms with Crippen LogP contribution < -0.4 is 5.32 Å². The third-order valence-corrected chi connectivity index (χ3v) is 4.01. The summed E-state index contributed by atoms with van der Waals surface area (Å²) in [7, 11) is 1.42. The predicted octanol–water partition coefficient (Wildman–Crippen LogP) is 2.51. The van der Waals surface area contributed by atoms with E-state index in [2.05, 4.69) is 5.32 Å². The monoisotopic (exact) mass is 325 g/mol. The van der Waals surface area contributed by atoms with Crippen LogP contribution in [0.4, 0.5) is 13.2 Å². The summed E-state index contributed by atoms with van der Waals surface area (Å²) in [6.45, 7) is 0.161. The number of hydrogen-bond acceptors (Lipinski definition) is 3. The number of amides is 1. The number of carbonyl (C=O) groups excluding carboxylic acids is 1. The Hall–Kier alpha value is -2.07. The molecule has 0 radical (unpaired) electrons. The van der Waals surface area contributed by atoms with E-state index in [1.165, 1.54) is 11.9 Å². The number of halogens is 3. The molecule has 1 aliphatic rings. The maximum atomic E-state index is 12.8. The van der Waals surface area contributed by atoms with Crippen molar-refractivity contribution in [3.63, 3.8) is 0 Å². The molecule has 1 aromatic rings. The highest BCUT2D eigenvalue weighted by Gasteiger charge is 2.44. The quantitative estimate of drug-likeness (QED) is 0.929. The van der Waals surface area contributed by atoms with Crippen LogP contribution in [0.1, 0.15) is 28.8 Å². The largest absolute Gasteiger partial charge is 0.404 e. The molecule has 1 N–H and O–H groups in total. The van der Waals surface area contributed by atoms with E-state index >= 15 is 0 Å². The number of likely N-dealkylation sites (N-methyl/N-ethyl adjacent to an activating group) is 1. The van der Waals surface area contributed by atoms with Crippen molar-refractivity contribution in [1.82, 2.24) is 10.2 Å². The van der Waals surface area contributed by atoms with Gasteiger partial charge in [0.05, 0.1) is 12.5 Å². The fourth-order valence-corrected chi connectivity index (χ4v) is 2.86. The lowest BCUT2D eigenvalue weighted by atomic mass is 9.98. The van der Waals surface area contributed by atoms with E-state index in [0.717, 1.165) is 5.56 Å². The van der Waals surface area contributed by atoms with Crippen molar-refractivity contribution in [3.05, 3.63) is 35.4 Å². The number of nitrogens with zero attached hydrogens (tertiary/aromatic N) is 2. The van der Waals surface area contributed by atoms with Gasteiger partial charge in [0.15, 0.2) is 0 Å². The van der Waals surface area contributed by atoms with E-state index in [0.29, 0.717) is 5.56 Å². The lowest BCUT2D eigenvalue weighted by molar-refractivity contribution is -0.188. The molecule has 0 bridgehead atoms. The molecular formula is C16H18F3N3O. The molecule has 2 rings (SSSR count). The van der Waals surface area contributed by atoms with Gasteiger partial charge in [-0.3, -0.25) is 9.69 Å². The molecule has 2 atom stereocenters. The van der Waals surface area contributed by atoms with Crippen LogP contribution in [-0.4, -0.2) is 42.7 Å². The number of alkyl halides is 3. The molecule has 1 saturated heterocycles. The fourth-order valence-electron chi connectivity index (χ4n) is 2.86. The van der Waals surface area contributed by atoms with Gasteiger partial charge in [-0.15, -0.1) is 0 Å². The van der Waals surface area contributed by atoms with Gasteiger partial charge in [-0.1, -0.05) is 12.1 Å². The lowest BCUT2D eigenvalue weighted by Crippen LogP contribution is -2.54. The first-order valence-electron chi connectivity index (χ1n) is 7.35. The van der Waals surface area contributed by atoms with Crippen molar-refractivity contribution in [3.8, 4) is 6.07 Å². The van der Waals surface area contributed by atoms with Crippen LogP contribution in [-0.2, 0) is 6.42 Å². The molecule has 1 aromatic carbocycles. The van der Waals surface area contributed by atoms with Gasteiger partial charge in [-0.25, -0.2) is 0 Å². The smallest absolute Gasteiger partial charge is 0.348 e. The molecule has 0 aromatic heterocycles. The van der Waals surface area contributed by atoms with Gasteiger partial charge in [0.25, 0.3) is 5.91 Å². The highest BCUT2D eigenvalue weighted by atomic mass is 19.4. The first-order valence-corrected chi connectivity index (χ1v) is 7.35. The highest BCUT2D eigenvalue weighted by molar-refractivity contribution is 5.94. The topological polar surface area (TPSA) is 56.1 Å². The number of nitrogens with one attached hydrogen (secondary N) is 1. The van der Waals surface area contributed by atoms with Crippen LogP contribution in [0.2, 0.25) is 0 Å². The Morgan fingerprint density at radius 1 is 1.43 bits per heavy atom. The number of rotatable bonds is 3. The molecule has 4 nitrogen and oxygen atoms in total. The summed E-state index contributed by atoms with van der Waals surface area (Å²) in [6.07, 6.45) is -3.77. The molecule has 124 valence electrons. The lowest BCUT2D eigenvalue weighted by Gasteiger charge is -2.38. The van der Waals surface area contributed by atoms with Crippen LogP contribution in [0.25, 0.3) is 0 Å². The minimum Gasteiger partial charge on any atom is -0.348 e. The summed E-state index contributed by atoms with van der Waals surface area (Å²) >= 11 is 0. The molecule has 0 aliphatic carbocycles. The van der Waals surface area contributed by atoms with E-state index in [-0.39, 0.29) is 37.8 Å². The molecule has 1 aliphatic heterocycles. The first kappa shape index (κ1) is 17.3. The van der Waals surface area contributed by atoms with Gasteiger partial charge < -0.3 is 5.32 Å². The molecule has 0 unspecified atom stereocenters. The van der Waals surface area contributed by atoms with Crippen molar-refractivity contribution in [2.24, 2.45) is 0 Å². The summed E-state index contributed by atoms with van der Waals surface area (Å²) in [6, 6.07) is 6.94.